The summed E-state index contributed by atoms with van der Waals surface area (Å²) in [5, 5.41) is 5.62. The number of benzene rings is 2. The Morgan fingerprint density at radius 3 is 2.63 bits per heavy atom. The van der Waals surface area contributed by atoms with Gasteiger partial charge >= 0.3 is 0 Å². The molecule has 4 aromatic rings. The van der Waals surface area contributed by atoms with E-state index in [0.29, 0.717) is 15.7 Å². The number of aromatic nitrogens is 2. The van der Waals surface area contributed by atoms with E-state index in [9.17, 15) is 0 Å². The van der Waals surface area contributed by atoms with Crippen LogP contribution >= 0.6 is 23.2 Å². The van der Waals surface area contributed by atoms with Crippen molar-refractivity contribution in [2.45, 2.75) is 32.6 Å². The van der Waals surface area contributed by atoms with Crippen molar-refractivity contribution >= 4 is 51.2 Å². The average Bonchev–Trinajstić information content (AvgIpc) is 3.40. The van der Waals surface area contributed by atoms with Crippen LogP contribution in [-0.4, -0.2) is 9.97 Å². The van der Waals surface area contributed by atoms with Gasteiger partial charge in [-0.05, 0) is 61.1 Å². The van der Waals surface area contributed by atoms with Crippen LogP contribution in [0.4, 0.5) is 17.1 Å². The molecule has 0 radical (unpaired) electrons. The molecule has 0 unspecified atom stereocenters. The summed E-state index contributed by atoms with van der Waals surface area (Å²) in [6.07, 6.45) is 8.28. The van der Waals surface area contributed by atoms with Crippen LogP contribution in [0.1, 0.15) is 30.2 Å². The Labute approximate surface area is 186 Å². The smallest absolute Gasteiger partial charge is 0.0694 e. The van der Waals surface area contributed by atoms with Crippen LogP contribution < -0.4 is 11.1 Å². The first kappa shape index (κ1) is 20.6. The third-order valence-corrected chi connectivity index (χ3v) is 6.02. The van der Waals surface area contributed by atoms with Gasteiger partial charge < -0.3 is 16.0 Å². The largest absolute Gasteiger partial charge is 0.396 e. The Morgan fingerprint density at radius 1 is 1.10 bits per heavy atom. The summed E-state index contributed by atoms with van der Waals surface area (Å²) >= 11 is 12.1. The van der Waals surface area contributed by atoms with Gasteiger partial charge in [0.15, 0.2) is 0 Å². The van der Waals surface area contributed by atoms with Gasteiger partial charge in [0.05, 0.1) is 15.7 Å². The highest BCUT2D eigenvalue weighted by atomic mass is 35.5. The topological polar surface area (TPSA) is 66.7 Å². The lowest BCUT2D eigenvalue weighted by Gasteiger charge is -2.12. The van der Waals surface area contributed by atoms with Gasteiger partial charge in [-0.15, -0.1) is 0 Å². The summed E-state index contributed by atoms with van der Waals surface area (Å²) in [6.45, 7) is 2.18. The van der Waals surface area contributed by atoms with E-state index in [4.69, 9.17) is 28.9 Å². The van der Waals surface area contributed by atoms with Gasteiger partial charge in [-0.3, -0.25) is 4.98 Å². The van der Waals surface area contributed by atoms with Gasteiger partial charge in [0.2, 0.25) is 0 Å². The maximum Gasteiger partial charge on any atom is 0.0694 e. The number of fused-ring (bicyclic) bond motifs is 2. The number of hydrogen-bond donors (Lipinski definition) is 3. The first-order chi connectivity index (χ1) is 14.6. The minimum atomic E-state index is 0.411. The molecule has 2 heterocycles. The molecule has 0 saturated carbocycles. The third-order valence-electron chi connectivity index (χ3n) is 5.40. The first-order valence-corrected chi connectivity index (χ1v) is 10.9. The van der Waals surface area contributed by atoms with Crippen LogP contribution in [0.2, 0.25) is 10.0 Å². The molecular weight excluding hydrogens is 415 g/mol. The molecule has 1 aliphatic rings. The average molecular weight is 439 g/mol. The second-order valence-corrected chi connectivity index (χ2v) is 8.14. The molecule has 2 aromatic heterocycles. The van der Waals surface area contributed by atoms with Gasteiger partial charge in [0.25, 0.3) is 0 Å². The lowest BCUT2D eigenvalue weighted by Crippen LogP contribution is -1.98. The highest BCUT2D eigenvalue weighted by molar-refractivity contribution is 6.39. The van der Waals surface area contributed by atoms with Crippen molar-refractivity contribution in [3.8, 4) is 0 Å². The highest BCUT2D eigenvalue weighted by Crippen LogP contribution is 2.34. The van der Waals surface area contributed by atoms with Crippen LogP contribution in [0.15, 0.2) is 54.9 Å². The number of aryl methyl sites for hydroxylation is 2. The fourth-order valence-corrected chi connectivity index (χ4v) is 4.30. The molecule has 4 nitrogen and oxygen atoms in total. The number of para-hydroxylation sites is 1. The number of anilines is 3. The quantitative estimate of drug-likeness (QED) is 0.303. The normalized spacial score (nSPS) is 12.4. The second kappa shape index (κ2) is 8.99. The molecule has 0 fully saturated rings. The molecule has 0 bridgehead atoms. The molecule has 4 N–H and O–H groups in total. The molecule has 0 aliphatic heterocycles. The van der Waals surface area contributed by atoms with Crippen LogP contribution in [0.5, 0.6) is 0 Å². The molecular formula is C24H24Cl2N4. The van der Waals surface area contributed by atoms with Gasteiger partial charge in [0, 0.05) is 40.4 Å². The summed E-state index contributed by atoms with van der Waals surface area (Å²) in [6, 6.07) is 13.9. The molecule has 0 saturated heterocycles. The van der Waals surface area contributed by atoms with Crippen molar-refractivity contribution < 1.29 is 0 Å². The van der Waals surface area contributed by atoms with Crippen LogP contribution in [0, 0.1) is 0 Å². The lowest BCUT2D eigenvalue weighted by molar-refractivity contribution is 0.899. The van der Waals surface area contributed by atoms with Gasteiger partial charge in [-0.1, -0.05) is 48.3 Å². The predicted octanol–water partition coefficient (Wildman–Crippen LogP) is 6.93. The summed E-state index contributed by atoms with van der Waals surface area (Å²) in [4.78, 5) is 7.64. The number of aromatic amines is 1. The monoisotopic (exact) mass is 438 g/mol. The molecule has 0 atom stereocenters. The Morgan fingerprint density at radius 2 is 1.87 bits per heavy atom. The maximum absolute atomic E-state index is 6.04. The summed E-state index contributed by atoms with van der Waals surface area (Å²) in [7, 11) is 0. The number of rotatable bonds is 3. The Balaban J connectivity index is 0.000000168. The Kier molecular flexibility index (Phi) is 6.16. The number of H-pyrrole nitrogens is 1. The number of nitrogens with two attached hydrogens (primary N) is 1. The minimum absolute atomic E-state index is 0.411. The zero-order valence-corrected chi connectivity index (χ0v) is 18.3. The number of nitrogens with zero attached hydrogens (tertiary/aromatic N) is 1. The molecule has 1 aliphatic carbocycles. The van der Waals surface area contributed by atoms with E-state index in [0.717, 1.165) is 37.1 Å². The third kappa shape index (κ3) is 4.25. The van der Waals surface area contributed by atoms with E-state index in [-0.39, 0.29) is 0 Å². The van der Waals surface area contributed by atoms with E-state index in [1.54, 1.807) is 12.1 Å². The van der Waals surface area contributed by atoms with Crippen molar-refractivity contribution in [1.29, 1.82) is 0 Å². The number of halogens is 2. The van der Waals surface area contributed by atoms with Gasteiger partial charge in [-0.2, -0.15) is 0 Å². The number of pyridine rings is 1. The number of hydrogen-bond acceptors (Lipinski definition) is 3. The molecule has 30 heavy (non-hydrogen) atoms. The number of nitrogen functional groups attached to an aromatic ring is 1. The standard InChI is InChI=1S/C14H13Cl2N3.C10H11N/c15-10-6-8(7-11(16)14(10)17)19-13-4-5-18-12-3-1-2-9(12)13;1-2-8-7-11-10-6-4-3-5-9(8)10/h4-7H,1-3,17H2,(H,18,19);3-7,11H,2H2,1H3. The van der Waals surface area contributed by atoms with E-state index in [2.05, 4.69) is 52.7 Å². The number of nitrogens with one attached hydrogen (secondary N) is 2. The molecule has 5 rings (SSSR count). The van der Waals surface area contributed by atoms with Gasteiger partial charge in [0.1, 0.15) is 0 Å². The Hall–Kier alpha value is -2.69. The predicted molar refractivity (Wildman–Crippen MR) is 128 cm³/mol. The van der Waals surface area contributed by atoms with Crippen molar-refractivity contribution in [2.75, 3.05) is 11.1 Å². The zero-order chi connectivity index (χ0) is 21.1. The van der Waals surface area contributed by atoms with Crippen molar-refractivity contribution in [3.05, 3.63) is 81.7 Å². The van der Waals surface area contributed by atoms with E-state index < -0.39 is 0 Å². The van der Waals surface area contributed by atoms with E-state index in [1.807, 2.05) is 12.3 Å². The summed E-state index contributed by atoms with van der Waals surface area (Å²) in [5.41, 5.74) is 13.2. The van der Waals surface area contributed by atoms with Crippen molar-refractivity contribution in [2.24, 2.45) is 0 Å². The first-order valence-electron chi connectivity index (χ1n) is 10.1. The van der Waals surface area contributed by atoms with Crippen molar-refractivity contribution in [1.82, 2.24) is 9.97 Å². The summed E-state index contributed by atoms with van der Waals surface area (Å²) in [5.74, 6) is 0. The van der Waals surface area contributed by atoms with Gasteiger partial charge in [-0.25, -0.2) is 0 Å². The van der Waals surface area contributed by atoms with E-state index in [1.165, 1.54) is 27.7 Å². The molecule has 0 spiro atoms. The molecule has 154 valence electrons. The minimum Gasteiger partial charge on any atom is -0.396 e. The molecule has 0 amide bonds. The lowest BCUT2D eigenvalue weighted by atomic mass is 10.1. The Bertz CT molecular complexity index is 1160. The second-order valence-electron chi connectivity index (χ2n) is 7.33. The van der Waals surface area contributed by atoms with Crippen LogP contribution in [0.25, 0.3) is 10.9 Å². The van der Waals surface area contributed by atoms with E-state index >= 15 is 0 Å². The zero-order valence-electron chi connectivity index (χ0n) is 16.8. The highest BCUT2D eigenvalue weighted by Gasteiger charge is 2.16. The SMILES string of the molecule is CCc1c[nH]c2ccccc12.Nc1c(Cl)cc(Nc2ccnc3c2CCC3)cc1Cl. The van der Waals surface area contributed by atoms with Crippen LogP contribution in [0.3, 0.4) is 0 Å². The van der Waals surface area contributed by atoms with Crippen molar-refractivity contribution in [3.63, 3.8) is 0 Å². The maximum atomic E-state index is 6.04. The fraction of sp³-hybridized carbons (Fsp3) is 0.208. The fourth-order valence-electron chi connectivity index (χ4n) is 3.82. The molecule has 6 heteroatoms. The summed E-state index contributed by atoms with van der Waals surface area (Å²) < 4.78 is 0. The van der Waals surface area contributed by atoms with Crippen LogP contribution in [-0.2, 0) is 19.3 Å². The molecule has 2 aromatic carbocycles.